The lowest BCUT2D eigenvalue weighted by Crippen LogP contribution is -2.34. The summed E-state index contributed by atoms with van der Waals surface area (Å²) >= 11 is 0. The number of aryl methyl sites for hydroxylation is 1. The number of nitrogens with zero attached hydrogens (tertiary/aromatic N) is 5. The highest BCUT2D eigenvalue weighted by Gasteiger charge is 2.30. The van der Waals surface area contributed by atoms with Gasteiger partial charge in [-0.2, -0.15) is 4.98 Å². The third-order valence-corrected chi connectivity index (χ3v) is 5.71. The van der Waals surface area contributed by atoms with E-state index in [1.165, 1.54) is 0 Å². The topological polar surface area (TPSA) is 94.4 Å². The molecule has 9 heteroatoms. The number of benzene rings is 1. The highest BCUT2D eigenvalue weighted by atomic mass is 16.5. The number of amides is 1. The molecule has 0 radical (unpaired) electrons. The Balaban J connectivity index is 1.42. The van der Waals surface area contributed by atoms with Crippen molar-refractivity contribution in [2.45, 2.75) is 26.3 Å². The van der Waals surface area contributed by atoms with Crippen molar-refractivity contribution in [3.8, 4) is 17.4 Å². The molecule has 2 atom stereocenters. The van der Waals surface area contributed by atoms with Crippen LogP contribution in [-0.4, -0.2) is 52.7 Å². The Morgan fingerprint density at radius 2 is 2.00 bits per heavy atom. The Morgan fingerprint density at radius 3 is 2.72 bits per heavy atom. The summed E-state index contributed by atoms with van der Waals surface area (Å²) in [5, 5.41) is 3.14. The van der Waals surface area contributed by atoms with E-state index in [0.717, 1.165) is 30.0 Å². The SMILES string of the molecule is COc1ccc(C(C)NC(=O)C2CCN(c3cc(C)nc(-n4ccnc4)n3)C2)cc1OC. The number of carbonyl (C=O) groups is 1. The zero-order chi connectivity index (χ0) is 22.7. The van der Waals surface area contributed by atoms with E-state index in [4.69, 9.17) is 9.47 Å². The zero-order valence-electron chi connectivity index (χ0n) is 18.8. The van der Waals surface area contributed by atoms with Gasteiger partial charge in [0, 0.05) is 37.2 Å². The first-order valence-electron chi connectivity index (χ1n) is 10.6. The monoisotopic (exact) mass is 436 g/mol. The quantitative estimate of drug-likeness (QED) is 0.608. The van der Waals surface area contributed by atoms with Gasteiger partial charge in [-0.15, -0.1) is 0 Å². The summed E-state index contributed by atoms with van der Waals surface area (Å²) < 4.78 is 12.5. The highest BCUT2D eigenvalue weighted by Crippen LogP contribution is 2.30. The third kappa shape index (κ3) is 4.51. The predicted octanol–water partition coefficient (Wildman–Crippen LogP) is 2.69. The molecule has 1 N–H and O–H groups in total. The highest BCUT2D eigenvalue weighted by molar-refractivity contribution is 5.80. The van der Waals surface area contributed by atoms with Gasteiger partial charge in [0.05, 0.1) is 26.2 Å². The van der Waals surface area contributed by atoms with Gasteiger partial charge >= 0.3 is 0 Å². The normalized spacial score (nSPS) is 16.6. The molecule has 1 amide bonds. The van der Waals surface area contributed by atoms with Crippen molar-refractivity contribution in [1.29, 1.82) is 0 Å². The van der Waals surface area contributed by atoms with Crippen LogP contribution in [0.5, 0.6) is 11.5 Å². The number of imidazole rings is 1. The van der Waals surface area contributed by atoms with Crippen molar-refractivity contribution in [3.05, 3.63) is 54.2 Å². The lowest BCUT2D eigenvalue weighted by molar-refractivity contribution is -0.125. The first-order valence-corrected chi connectivity index (χ1v) is 10.6. The van der Waals surface area contributed by atoms with Gasteiger partial charge in [0.2, 0.25) is 11.9 Å². The number of carbonyl (C=O) groups excluding carboxylic acids is 1. The smallest absolute Gasteiger partial charge is 0.237 e. The Kier molecular flexibility index (Phi) is 6.25. The second kappa shape index (κ2) is 9.25. The maximum atomic E-state index is 13.0. The fourth-order valence-corrected chi connectivity index (χ4v) is 3.91. The molecule has 0 aliphatic carbocycles. The van der Waals surface area contributed by atoms with Gasteiger partial charge in [-0.05, 0) is 38.0 Å². The molecule has 32 heavy (non-hydrogen) atoms. The van der Waals surface area contributed by atoms with E-state index >= 15 is 0 Å². The minimum Gasteiger partial charge on any atom is -0.493 e. The molecule has 2 unspecified atom stereocenters. The lowest BCUT2D eigenvalue weighted by Gasteiger charge is -2.20. The van der Waals surface area contributed by atoms with Crippen LogP contribution < -0.4 is 19.7 Å². The largest absolute Gasteiger partial charge is 0.493 e. The maximum absolute atomic E-state index is 13.0. The molecule has 9 nitrogen and oxygen atoms in total. The molecule has 0 spiro atoms. The molecule has 1 aliphatic heterocycles. The summed E-state index contributed by atoms with van der Waals surface area (Å²) in [4.78, 5) is 28.3. The molecule has 0 saturated carbocycles. The van der Waals surface area contributed by atoms with Gasteiger partial charge in [0.15, 0.2) is 11.5 Å². The van der Waals surface area contributed by atoms with E-state index in [-0.39, 0.29) is 17.9 Å². The second-order valence-corrected chi connectivity index (χ2v) is 7.91. The molecule has 2 aromatic heterocycles. The average Bonchev–Trinajstić information content (AvgIpc) is 3.50. The number of rotatable bonds is 7. The number of aromatic nitrogens is 4. The fraction of sp³-hybridized carbons (Fsp3) is 0.391. The standard InChI is InChI=1S/C23H28N6O3/c1-15-11-21(27-23(25-15)29-10-8-24-14-29)28-9-7-18(13-28)22(30)26-16(2)17-5-6-19(31-3)20(12-17)32-4/h5-6,8,10-12,14,16,18H,7,9,13H2,1-4H3,(H,26,30). The van der Waals surface area contributed by atoms with Crippen LogP contribution in [0.25, 0.3) is 5.95 Å². The van der Waals surface area contributed by atoms with Gasteiger partial charge in [-0.1, -0.05) is 6.07 Å². The van der Waals surface area contributed by atoms with Gasteiger partial charge in [-0.25, -0.2) is 9.97 Å². The Labute approximate surface area is 187 Å². The number of hydrogen-bond donors (Lipinski definition) is 1. The van der Waals surface area contributed by atoms with E-state index in [2.05, 4.69) is 25.2 Å². The van der Waals surface area contributed by atoms with E-state index in [0.29, 0.717) is 24.0 Å². The summed E-state index contributed by atoms with van der Waals surface area (Å²) in [5.41, 5.74) is 1.83. The van der Waals surface area contributed by atoms with Crippen LogP contribution in [0.15, 0.2) is 43.0 Å². The molecule has 4 rings (SSSR count). The van der Waals surface area contributed by atoms with Gasteiger partial charge in [-0.3, -0.25) is 9.36 Å². The Bertz CT molecular complexity index is 1090. The molecular weight excluding hydrogens is 408 g/mol. The van der Waals surface area contributed by atoms with E-state index < -0.39 is 0 Å². The van der Waals surface area contributed by atoms with Crippen molar-refractivity contribution < 1.29 is 14.3 Å². The molecule has 1 saturated heterocycles. The summed E-state index contributed by atoms with van der Waals surface area (Å²) in [6, 6.07) is 7.49. The first kappa shape index (κ1) is 21.6. The summed E-state index contributed by atoms with van der Waals surface area (Å²) in [5.74, 6) is 2.64. The predicted molar refractivity (Wildman–Crippen MR) is 120 cm³/mol. The number of methoxy groups -OCH3 is 2. The zero-order valence-corrected chi connectivity index (χ0v) is 18.8. The van der Waals surface area contributed by atoms with Crippen molar-refractivity contribution in [2.75, 3.05) is 32.2 Å². The minimum atomic E-state index is -0.148. The number of nitrogens with one attached hydrogen (secondary N) is 1. The molecule has 3 aromatic rings. The molecule has 1 aromatic carbocycles. The van der Waals surface area contributed by atoms with Crippen molar-refractivity contribution in [3.63, 3.8) is 0 Å². The average molecular weight is 437 g/mol. The van der Waals surface area contributed by atoms with Crippen molar-refractivity contribution >= 4 is 11.7 Å². The van der Waals surface area contributed by atoms with E-state index in [1.54, 1.807) is 31.3 Å². The van der Waals surface area contributed by atoms with Gasteiger partial charge in [0.1, 0.15) is 12.1 Å². The first-order chi connectivity index (χ1) is 15.5. The van der Waals surface area contributed by atoms with Crippen LogP contribution in [0, 0.1) is 12.8 Å². The fourth-order valence-electron chi connectivity index (χ4n) is 3.91. The lowest BCUT2D eigenvalue weighted by atomic mass is 10.0. The molecule has 3 heterocycles. The van der Waals surface area contributed by atoms with Crippen LogP contribution in [0.3, 0.4) is 0 Å². The van der Waals surface area contributed by atoms with Gasteiger partial charge in [0.25, 0.3) is 0 Å². The van der Waals surface area contributed by atoms with Crippen LogP contribution >= 0.6 is 0 Å². The molecule has 1 aliphatic rings. The maximum Gasteiger partial charge on any atom is 0.237 e. The van der Waals surface area contributed by atoms with Gasteiger partial charge < -0.3 is 19.7 Å². The molecule has 168 valence electrons. The summed E-state index contributed by atoms with van der Waals surface area (Å²) in [7, 11) is 3.21. The number of anilines is 1. The second-order valence-electron chi connectivity index (χ2n) is 7.91. The van der Waals surface area contributed by atoms with Crippen LogP contribution in [0.4, 0.5) is 5.82 Å². The number of hydrogen-bond acceptors (Lipinski definition) is 7. The van der Waals surface area contributed by atoms with E-state index in [1.807, 2.05) is 44.3 Å². The van der Waals surface area contributed by atoms with Crippen molar-refractivity contribution in [1.82, 2.24) is 24.8 Å². The Morgan fingerprint density at radius 1 is 1.19 bits per heavy atom. The minimum absolute atomic E-state index is 0.0374. The summed E-state index contributed by atoms with van der Waals surface area (Å²) in [6.45, 7) is 5.29. The Hall–Kier alpha value is -3.62. The summed E-state index contributed by atoms with van der Waals surface area (Å²) in [6.07, 6.45) is 5.96. The molecule has 1 fully saturated rings. The van der Waals surface area contributed by atoms with Crippen LogP contribution in [0.2, 0.25) is 0 Å². The molecular formula is C23H28N6O3. The van der Waals surface area contributed by atoms with Crippen LogP contribution in [-0.2, 0) is 4.79 Å². The van der Waals surface area contributed by atoms with E-state index in [9.17, 15) is 4.79 Å². The van der Waals surface area contributed by atoms with Crippen LogP contribution in [0.1, 0.15) is 30.6 Å². The van der Waals surface area contributed by atoms with Crippen molar-refractivity contribution in [2.24, 2.45) is 5.92 Å². The number of ether oxygens (including phenoxy) is 2. The third-order valence-electron chi connectivity index (χ3n) is 5.71. The molecule has 0 bridgehead atoms.